The highest BCUT2D eigenvalue weighted by atomic mass is 32.3. The van der Waals surface area contributed by atoms with Crippen LogP contribution in [0.15, 0.2) is 0 Å². The number of hydrogen-bond acceptors (Lipinski definition) is 4. The van der Waals surface area contributed by atoms with Crippen molar-refractivity contribution in [2.75, 3.05) is 13.1 Å². The van der Waals surface area contributed by atoms with Crippen LogP contribution in [0.2, 0.25) is 0 Å². The molecule has 0 radical (unpaired) electrons. The van der Waals surface area contributed by atoms with Crippen molar-refractivity contribution >= 4 is 16.3 Å². The third kappa shape index (κ3) is 4.40. The molecule has 1 saturated heterocycles. The molecule has 5 nitrogen and oxygen atoms in total. The van der Waals surface area contributed by atoms with Gasteiger partial charge in [-0.2, -0.15) is 8.42 Å². The summed E-state index contributed by atoms with van der Waals surface area (Å²) >= 11 is 0. The number of piperidine rings is 1. The van der Waals surface area contributed by atoms with Gasteiger partial charge in [0.25, 0.3) is 0 Å². The van der Waals surface area contributed by atoms with Crippen LogP contribution in [0.25, 0.3) is 0 Å². The largest absolute Gasteiger partial charge is 0.444 e. The van der Waals surface area contributed by atoms with Crippen LogP contribution in [0, 0.1) is 0 Å². The Morgan fingerprint density at radius 3 is 2.33 bits per heavy atom. The Bertz CT molecular complexity index is 418. The predicted octanol–water partition coefficient (Wildman–Crippen LogP) is 1.63. The average molecular weight is 285 g/mol. The zero-order chi connectivity index (χ0) is 14.1. The Kier molecular flexibility index (Phi) is 4.19. The van der Waals surface area contributed by atoms with Crippen LogP contribution in [0.1, 0.15) is 27.2 Å². The normalized spacial score (nSPS) is 25.9. The van der Waals surface area contributed by atoms with E-state index >= 15 is 0 Å². The van der Waals surface area contributed by atoms with E-state index in [1.165, 1.54) is 0 Å². The standard InChI is InChI=1S/C10H17F2NO4S/c1-10(2,3)17-9(14)13-5-7(11)4-8(6-13)18(12,15)16/h7-8H,4-6H2,1-3H3/t7-,8+/m0/s1. The van der Waals surface area contributed by atoms with E-state index in [1.807, 2.05) is 0 Å². The number of alkyl halides is 1. The van der Waals surface area contributed by atoms with Gasteiger partial charge in [0.05, 0.1) is 6.54 Å². The lowest BCUT2D eigenvalue weighted by atomic mass is 10.1. The van der Waals surface area contributed by atoms with E-state index in [2.05, 4.69) is 0 Å². The number of likely N-dealkylation sites (tertiary alicyclic amines) is 1. The Hall–Kier alpha value is -0.920. The maximum atomic E-state index is 13.3. The molecular weight excluding hydrogens is 268 g/mol. The molecule has 0 aromatic carbocycles. The second-order valence-corrected chi connectivity index (χ2v) is 6.93. The van der Waals surface area contributed by atoms with Gasteiger partial charge in [-0.05, 0) is 20.8 Å². The first-order valence-corrected chi connectivity index (χ1v) is 6.99. The van der Waals surface area contributed by atoms with Crippen LogP contribution >= 0.6 is 0 Å². The van der Waals surface area contributed by atoms with E-state index in [0.717, 1.165) is 4.90 Å². The highest BCUT2D eigenvalue weighted by Crippen LogP contribution is 2.22. The van der Waals surface area contributed by atoms with E-state index in [4.69, 9.17) is 4.74 Å². The van der Waals surface area contributed by atoms with Crippen molar-refractivity contribution in [1.29, 1.82) is 0 Å². The van der Waals surface area contributed by atoms with E-state index in [-0.39, 0.29) is 13.1 Å². The SMILES string of the molecule is CC(C)(C)OC(=O)N1C[C@@H](F)C[C@@H](S(=O)(=O)F)C1. The lowest BCUT2D eigenvalue weighted by Gasteiger charge is -2.34. The number of carbonyl (C=O) groups is 1. The zero-order valence-electron chi connectivity index (χ0n) is 10.5. The fourth-order valence-electron chi connectivity index (χ4n) is 1.67. The monoisotopic (exact) mass is 285 g/mol. The third-order valence-corrected chi connectivity index (χ3v) is 3.55. The molecule has 0 saturated carbocycles. The van der Waals surface area contributed by atoms with Gasteiger partial charge in [-0.3, -0.25) is 0 Å². The molecule has 0 aromatic rings. The van der Waals surface area contributed by atoms with Crippen molar-refractivity contribution in [2.45, 2.75) is 44.2 Å². The first-order valence-electron chi connectivity index (χ1n) is 5.54. The number of halogens is 2. The Morgan fingerprint density at radius 2 is 1.89 bits per heavy atom. The molecule has 1 rings (SSSR count). The molecule has 1 amide bonds. The highest BCUT2D eigenvalue weighted by molar-refractivity contribution is 7.87. The number of nitrogens with zero attached hydrogens (tertiary/aromatic N) is 1. The van der Waals surface area contributed by atoms with Crippen molar-refractivity contribution in [3.63, 3.8) is 0 Å². The summed E-state index contributed by atoms with van der Waals surface area (Å²) in [6.07, 6.45) is -2.83. The molecule has 2 atom stereocenters. The van der Waals surface area contributed by atoms with Gasteiger partial charge >= 0.3 is 16.3 Å². The highest BCUT2D eigenvalue weighted by Gasteiger charge is 2.38. The molecule has 0 aliphatic carbocycles. The fraction of sp³-hybridized carbons (Fsp3) is 0.900. The van der Waals surface area contributed by atoms with Crippen LogP contribution in [0.4, 0.5) is 13.1 Å². The van der Waals surface area contributed by atoms with Crippen molar-refractivity contribution in [1.82, 2.24) is 4.90 Å². The summed E-state index contributed by atoms with van der Waals surface area (Å²) in [5.74, 6) is 0. The summed E-state index contributed by atoms with van der Waals surface area (Å²) in [5.41, 5.74) is -0.773. The molecule has 1 aliphatic rings. The topological polar surface area (TPSA) is 63.7 Å². The molecule has 0 spiro atoms. The van der Waals surface area contributed by atoms with Crippen LogP contribution < -0.4 is 0 Å². The minimum atomic E-state index is -4.86. The molecule has 106 valence electrons. The number of amides is 1. The lowest BCUT2D eigenvalue weighted by molar-refractivity contribution is 0.0142. The van der Waals surface area contributed by atoms with Crippen LogP contribution in [-0.4, -0.2) is 49.5 Å². The summed E-state index contributed by atoms with van der Waals surface area (Å²) in [6.45, 7) is 4.23. The first-order chi connectivity index (χ1) is 7.99. The van der Waals surface area contributed by atoms with E-state index in [9.17, 15) is 21.5 Å². The van der Waals surface area contributed by atoms with Crippen LogP contribution in [0.5, 0.6) is 0 Å². The lowest BCUT2D eigenvalue weighted by Crippen LogP contribution is -2.50. The maximum absolute atomic E-state index is 13.3. The predicted molar refractivity (Wildman–Crippen MR) is 61.1 cm³/mol. The molecular formula is C10H17F2NO4S. The summed E-state index contributed by atoms with van der Waals surface area (Å²) in [5, 5.41) is -1.52. The van der Waals surface area contributed by atoms with Gasteiger partial charge in [0, 0.05) is 13.0 Å². The maximum Gasteiger partial charge on any atom is 0.410 e. The Labute approximate surface area is 105 Å². The van der Waals surface area contributed by atoms with Gasteiger partial charge in [0.1, 0.15) is 17.0 Å². The third-order valence-electron chi connectivity index (χ3n) is 2.41. The number of rotatable bonds is 1. The molecule has 18 heavy (non-hydrogen) atoms. The van der Waals surface area contributed by atoms with Gasteiger partial charge in [-0.25, -0.2) is 9.18 Å². The molecule has 0 bridgehead atoms. The summed E-state index contributed by atoms with van der Waals surface area (Å²) in [6, 6.07) is 0. The molecule has 1 fully saturated rings. The smallest absolute Gasteiger partial charge is 0.410 e. The Morgan fingerprint density at radius 1 is 1.33 bits per heavy atom. The van der Waals surface area contributed by atoms with Gasteiger partial charge in [-0.1, -0.05) is 0 Å². The first kappa shape index (κ1) is 15.1. The van der Waals surface area contributed by atoms with Crippen molar-refractivity contribution < 1.29 is 26.2 Å². The van der Waals surface area contributed by atoms with Gasteiger partial charge in [0.15, 0.2) is 0 Å². The van der Waals surface area contributed by atoms with Gasteiger partial charge in [0.2, 0.25) is 0 Å². The molecule has 1 aliphatic heterocycles. The summed E-state index contributed by atoms with van der Waals surface area (Å²) < 4.78 is 52.7. The van der Waals surface area contributed by atoms with Crippen LogP contribution in [0.3, 0.4) is 0 Å². The fourth-order valence-corrected chi connectivity index (χ4v) is 2.47. The minimum Gasteiger partial charge on any atom is -0.444 e. The van der Waals surface area contributed by atoms with Gasteiger partial charge in [-0.15, -0.1) is 3.89 Å². The average Bonchev–Trinajstić information content (AvgIpc) is 2.12. The van der Waals surface area contributed by atoms with E-state index < -0.39 is 39.8 Å². The molecule has 0 aromatic heterocycles. The second-order valence-electron chi connectivity index (χ2n) is 5.32. The van der Waals surface area contributed by atoms with Gasteiger partial charge < -0.3 is 9.64 Å². The van der Waals surface area contributed by atoms with Crippen molar-refractivity contribution in [2.24, 2.45) is 0 Å². The molecule has 1 heterocycles. The summed E-state index contributed by atoms with van der Waals surface area (Å²) in [4.78, 5) is 12.5. The quantitative estimate of drug-likeness (QED) is 0.687. The Balaban J connectivity index is 2.75. The molecule has 8 heteroatoms. The minimum absolute atomic E-state index is 0.277. The van der Waals surface area contributed by atoms with E-state index in [0.29, 0.717) is 0 Å². The van der Waals surface area contributed by atoms with Crippen molar-refractivity contribution in [3.05, 3.63) is 0 Å². The van der Waals surface area contributed by atoms with Crippen molar-refractivity contribution in [3.8, 4) is 0 Å². The molecule has 0 unspecified atom stereocenters. The summed E-state index contributed by atoms with van der Waals surface area (Å²) in [7, 11) is -4.86. The van der Waals surface area contributed by atoms with E-state index in [1.54, 1.807) is 20.8 Å². The second kappa shape index (κ2) is 4.99. The number of carbonyl (C=O) groups excluding carboxylic acids is 1. The van der Waals surface area contributed by atoms with Crippen LogP contribution in [-0.2, 0) is 15.0 Å². The molecule has 0 N–H and O–H groups in total. The zero-order valence-corrected chi connectivity index (χ0v) is 11.3. The number of hydrogen-bond donors (Lipinski definition) is 0. The number of ether oxygens (including phenoxy) is 1.